The first-order chi connectivity index (χ1) is 16.7. The fourth-order valence-electron chi connectivity index (χ4n) is 4.21. The average molecular weight is 501 g/mol. The Labute approximate surface area is 207 Å². The molecule has 2 aliphatic rings. The SMILES string of the molecule is C[C@H](CO)N1C[C@H](C)[C@H](CN(C)Cc2ccc(F)cc2)Oc2cc(C#CC3CC3)ccc2S1(=O)=O. The molecule has 1 saturated carbocycles. The van der Waals surface area contributed by atoms with Crippen LogP contribution in [0.4, 0.5) is 4.39 Å². The van der Waals surface area contributed by atoms with Crippen LogP contribution in [-0.2, 0) is 16.6 Å². The Morgan fingerprint density at radius 2 is 1.94 bits per heavy atom. The molecular weight excluding hydrogens is 467 g/mol. The van der Waals surface area contributed by atoms with Gasteiger partial charge in [0.25, 0.3) is 0 Å². The van der Waals surface area contributed by atoms with Crippen molar-refractivity contribution in [2.75, 3.05) is 26.7 Å². The molecule has 1 aliphatic carbocycles. The monoisotopic (exact) mass is 500 g/mol. The van der Waals surface area contributed by atoms with Crippen LogP contribution in [0, 0.1) is 29.5 Å². The van der Waals surface area contributed by atoms with Crippen molar-refractivity contribution in [1.82, 2.24) is 9.21 Å². The highest BCUT2D eigenvalue weighted by atomic mass is 32.2. The van der Waals surface area contributed by atoms with Gasteiger partial charge in [-0.05, 0) is 62.7 Å². The van der Waals surface area contributed by atoms with E-state index in [1.54, 1.807) is 37.3 Å². The number of rotatable bonds is 6. The van der Waals surface area contributed by atoms with Crippen LogP contribution in [0.25, 0.3) is 0 Å². The van der Waals surface area contributed by atoms with Crippen LogP contribution in [0.15, 0.2) is 47.4 Å². The van der Waals surface area contributed by atoms with Crippen LogP contribution >= 0.6 is 0 Å². The molecule has 6 nitrogen and oxygen atoms in total. The number of fused-ring (bicyclic) bond motifs is 1. The average Bonchev–Trinajstić information content (AvgIpc) is 3.65. The quantitative estimate of drug-likeness (QED) is 0.615. The van der Waals surface area contributed by atoms with Crippen molar-refractivity contribution in [1.29, 1.82) is 0 Å². The summed E-state index contributed by atoms with van der Waals surface area (Å²) in [7, 11) is -1.92. The minimum Gasteiger partial charge on any atom is -0.487 e. The predicted molar refractivity (Wildman–Crippen MR) is 133 cm³/mol. The number of aliphatic hydroxyl groups is 1. The highest BCUT2D eigenvalue weighted by Crippen LogP contribution is 2.34. The van der Waals surface area contributed by atoms with E-state index in [1.807, 2.05) is 14.0 Å². The third kappa shape index (κ3) is 6.22. The zero-order chi connectivity index (χ0) is 25.2. The molecule has 0 unspecified atom stereocenters. The number of nitrogens with zero attached hydrogens (tertiary/aromatic N) is 2. The van der Waals surface area contributed by atoms with Gasteiger partial charge in [-0.15, -0.1) is 0 Å². The second-order valence-corrected chi connectivity index (χ2v) is 11.6. The zero-order valence-corrected chi connectivity index (χ0v) is 21.3. The van der Waals surface area contributed by atoms with E-state index in [4.69, 9.17) is 4.74 Å². The van der Waals surface area contributed by atoms with Gasteiger partial charge in [0.1, 0.15) is 22.6 Å². The molecule has 35 heavy (non-hydrogen) atoms. The number of hydrogen-bond donors (Lipinski definition) is 1. The molecule has 1 heterocycles. The summed E-state index contributed by atoms with van der Waals surface area (Å²) >= 11 is 0. The Morgan fingerprint density at radius 1 is 1.23 bits per heavy atom. The van der Waals surface area contributed by atoms with E-state index in [0.717, 1.165) is 24.0 Å². The lowest BCUT2D eigenvalue weighted by Crippen LogP contribution is -2.49. The summed E-state index contributed by atoms with van der Waals surface area (Å²) in [6.07, 6.45) is 1.91. The van der Waals surface area contributed by atoms with Crippen molar-refractivity contribution in [3.8, 4) is 17.6 Å². The van der Waals surface area contributed by atoms with E-state index in [0.29, 0.717) is 19.0 Å². The molecule has 0 saturated heterocycles. The first-order valence-corrected chi connectivity index (χ1v) is 13.5. The van der Waals surface area contributed by atoms with Gasteiger partial charge in [-0.2, -0.15) is 4.31 Å². The normalized spacial score (nSPS) is 22.8. The smallest absolute Gasteiger partial charge is 0.247 e. The maximum absolute atomic E-state index is 13.6. The molecule has 2 aromatic carbocycles. The summed E-state index contributed by atoms with van der Waals surface area (Å²) in [6.45, 7) is 4.76. The molecule has 188 valence electrons. The highest BCUT2D eigenvalue weighted by molar-refractivity contribution is 7.89. The van der Waals surface area contributed by atoms with Gasteiger partial charge in [0, 0.05) is 43.1 Å². The molecule has 0 spiro atoms. The molecule has 0 radical (unpaired) electrons. The molecule has 3 atom stereocenters. The van der Waals surface area contributed by atoms with Crippen LogP contribution in [0.1, 0.15) is 37.8 Å². The third-order valence-electron chi connectivity index (χ3n) is 6.52. The van der Waals surface area contributed by atoms with E-state index < -0.39 is 16.1 Å². The van der Waals surface area contributed by atoms with Crippen molar-refractivity contribution in [2.45, 2.75) is 50.3 Å². The van der Waals surface area contributed by atoms with Crippen molar-refractivity contribution in [3.63, 3.8) is 0 Å². The number of sulfonamides is 1. The van der Waals surface area contributed by atoms with Crippen LogP contribution in [0.5, 0.6) is 5.75 Å². The first kappa shape index (κ1) is 25.6. The van der Waals surface area contributed by atoms with Gasteiger partial charge < -0.3 is 9.84 Å². The van der Waals surface area contributed by atoms with Crippen LogP contribution in [0.3, 0.4) is 0 Å². The summed E-state index contributed by atoms with van der Waals surface area (Å²) < 4.78 is 48.2. The topological polar surface area (TPSA) is 70.1 Å². The van der Waals surface area contributed by atoms with Gasteiger partial charge in [0.15, 0.2) is 0 Å². The summed E-state index contributed by atoms with van der Waals surface area (Å²) in [5.74, 6) is 6.65. The number of halogens is 1. The fraction of sp³-hybridized carbons (Fsp3) is 0.481. The Morgan fingerprint density at radius 3 is 2.60 bits per heavy atom. The Bertz CT molecular complexity index is 1200. The van der Waals surface area contributed by atoms with E-state index in [-0.39, 0.29) is 41.6 Å². The molecule has 1 aliphatic heterocycles. The molecule has 8 heteroatoms. The Kier molecular flexibility index (Phi) is 7.82. The number of likely N-dealkylation sites (N-methyl/N-ethyl adjacent to an activating group) is 1. The van der Waals surface area contributed by atoms with Gasteiger partial charge in [-0.1, -0.05) is 30.9 Å². The summed E-state index contributed by atoms with van der Waals surface area (Å²) in [6, 6.07) is 10.8. The van der Waals surface area contributed by atoms with Crippen molar-refractivity contribution in [3.05, 3.63) is 59.4 Å². The zero-order valence-electron chi connectivity index (χ0n) is 20.4. The second-order valence-electron chi connectivity index (χ2n) is 9.77. The maximum atomic E-state index is 13.6. The van der Waals surface area contributed by atoms with Crippen LogP contribution in [0.2, 0.25) is 0 Å². The van der Waals surface area contributed by atoms with Crippen molar-refractivity contribution < 1.29 is 22.7 Å². The molecule has 1 N–H and O–H groups in total. The van der Waals surface area contributed by atoms with E-state index in [2.05, 4.69) is 16.7 Å². The number of hydrogen-bond acceptors (Lipinski definition) is 5. The van der Waals surface area contributed by atoms with E-state index >= 15 is 0 Å². The minimum absolute atomic E-state index is 0.0906. The lowest BCUT2D eigenvalue weighted by molar-refractivity contribution is 0.0733. The van der Waals surface area contributed by atoms with Crippen LogP contribution in [-0.4, -0.2) is 61.6 Å². The van der Waals surface area contributed by atoms with Gasteiger partial charge in [0.2, 0.25) is 10.0 Å². The van der Waals surface area contributed by atoms with Gasteiger partial charge in [0.05, 0.1) is 6.61 Å². The van der Waals surface area contributed by atoms with Gasteiger partial charge in [-0.25, -0.2) is 12.8 Å². The first-order valence-electron chi connectivity index (χ1n) is 12.1. The van der Waals surface area contributed by atoms with E-state index in [9.17, 15) is 17.9 Å². The van der Waals surface area contributed by atoms with Crippen molar-refractivity contribution >= 4 is 10.0 Å². The van der Waals surface area contributed by atoms with Crippen LogP contribution < -0.4 is 4.74 Å². The lowest BCUT2D eigenvalue weighted by atomic mass is 10.0. The standard InChI is InChI=1S/C27H33FN2O4S/c1-19-15-30(20(2)18-31)35(32,33)27-13-10-22(7-6-21-4-5-21)14-25(27)34-26(19)17-29(3)16-23-8-11-24(28)12-9-23/h8-14,19-21,26,31H,4-5,15-18H2,1-3H3/t19-,20+,26-/m0/s1. The number of ether oxygens (including phenoxy) is 1. The lowest BCUT2D eigenvalue weighted by Gasteiger charge is -2.37. The molecular formula is C27H33FN2O4S. The van der Waals surface area contributed by atoms with Gasteiger partial charge in [-0.3, -0.25) is 4.90 Å². The summed E-state index contributed by atoms with van der Waals surface area (Å²) in [4.78, 5) is 2.17. The maximum Gasteiger partial charge on any atom is 0.247 e. The molecule has 0 bridgehead atoms. The number of benzene rings is 2. The Balaban J connectivity index is 1.65. The van der Waals surface area contributed by atoms with Gasteiger partial charge >= 0.3 is 0 Å². The summed E-state index contributed by atoms with van der Waals surface area (Å²) in [5.41, 5.74) is 1.70. The van der Waals surface area contributed by atoms with Crippen molar-refractivity contribution in [2.24, 2.45) is 11.8 Å². The summed E-state index contributed by atoms with van der Waals surface area (Å²) in [5, 5.41) is 9.79. The molecule has 0 amide bonds. The predicted octanol–water partition coefficient (Wildman–Crippen LogP) is 3.49. The molecule has 0 aromatic heterocycles. The van der Waals surface area contributed by atoms with E-state index in [1.165, 1.54) is 16.4 Å². The molecule has 2 aromatic rings. The largest absolute Gasteiger partial charge is 0.487 e. The minimum atomic E-state index is -3.88. The molecule has 4 rings (SSSR count). The fourth-order valence-corrected chi connectivity index (χ4v) is 6.03. The highest BCUT2D eigenvalue weighted by Gasteiger charge is 2.38. The molecule has 1 fully saturated rings. The third-order valence-corrected chi connectivity index (χ3v) is 8.54. The second kappa shape index (κ2) is 10.7. The Hall–Kier alpha value is -2.44. The number of aliphatic hydroxyl groups excluding tert-OH is 1.